The van der Waals surface area contributed by atoms with Crippen LogP contribution in [0.25, 0.3) is 17.2 Å². The SMILES string of the molecule is CCCC1=Cc2c(ccc(CC)c2-c2cc(C(C)C)cc(C(C)C)c2)[CH]1[Zr]([Cl])[Cl]. The van der Waals surface area contributed by atoms with E-state index in [1.165, 1.54) is 44.5 Å². The Kier molecular flexibility index (Phi) is 7.91. The van der Waals surface area contributed by atoms with E-state index < -0.39 is 19.4 Å². The predicted molar refractivity (Wildman–Crippen MR) is 127 cm³/mol. The predicted octanol–water partition coefficient (Wildman–Crippen LogP) is 9.33. The third-order valence-corrected chi connectivity index (χ3v) is 11.4. The summed E-state index contributed by atoms with van der Waals surface area (Å²) in [6.07, 6.45) is 5.69. The second-order valence-electron chi connectivity index (χ2n) is 8.85. The number of benzene rings is 2. The Morgan fingerprint density at radius 2 is 1.55 bits per heavy atom. The Morgan fingerprint density at radius 1 is 0.931 bits per heavy atom. The molecule has 0 heterocycles. The molecule has 0 radical (unpaired) electrons. The van der Waals surface area contributed by atoms with Crippen molar-refractivity contribution < 1.29 is 19.4 Å². The number of hydrogen-bond donors (Lipinski definition) is 0. The van der Waals surface area contributed by atoms with E-state index in [4.69, 9.17) is 17.0 Å². The zero-order valence-corrected chi connectivity index (χ0v) is 22.5. The van der Waals surface area contributed by atoms with Crippen molar-refractivity contribution in [2.45, 2.75) is 76.3 Å². The molecule has 3 rings (SSSR count). The first-order chi connectivity index (χ1) is 13.8. The van der Waals surface area contributed by atoms with Crippen molar-refractivity contribution in [3.8, 4) is 11.1 Å². The zero-order valence-electron chi connectivity index (χ0n) is 18.6. The fraction of sp³-hybridized carbons (Fsp3) is 0.462. The molecule has 1 unspecified atom stereocenters. The van der Waals surface area contributed by atoms with E-state index >= 15 is 0 Å². The Hall–Kier alpha value is -0.357. The second kappa shape index (κ2) is 9.85. The fourth-order valence-corrected chi connectivity index (χ4v) is 9.94. The van der Waals surface area contributed by atoms with E-state index in [0.717, 1.165) is 19.3 Å². The molecule has 0 nitrogen and oxygen atoms in total. The van der Waals surface area contributed by atoms with Crippen LogP contribution in [-0.4, -0.2) is 0 Å². The van der Waals surface area contributed by atoms with Gasteiger partial charge in [0.05, 0.1) is 0 Å². The minimum atomic E-state index is -2.47. The molecular formula is C26H33Cl2Zr. The van der Waals surface area contributed by atoms with Crippen LogP contribution in [-0.2, 0) is 25.8 Å². The maximum atomic E-state index is 6.67. The molecule has 0 saturated carbocycles. The number of halogens is 2. The van der Waals surface area contributed by atoms with Gasteiger partial charge in [0.25, 0.3) is 0 Å². The molecule has 155 valence electrons. The third-order valence-electron chi connectivity index (χ3n) is 6.11. The maximum absolute atomic E-state index is 6.67. The standard InChI is InChI=1S/C26H33.2ClH.Zr/c1-7-9-19-12-21-11-10-20(8-2)26(25(21)13-19)24-15-22(17(3)4)14-23(16-24)18(5)6;;;/h10-18H,7-9H2,1-6H3;2*1H;/q;;;+2/p-2. The van der Waals surface area contributed by atoms with Gasteiger partial charge in [-0.3, -0.25) is 0 Å². The van der Waals surface area contributed by atoms with Gasteiger partial charge in [0.15, 0.2) is 0 Å². The number of aryl methyl sites for hydroxylation is 1. The van der Waals surface area contributed by atoms with Crippen LogP contribution in [0.15, 0.2) is 35.9 Å². The molecular weight excluding hydrogens is 474 g/mol. The summed E-state index contributed by atoms with van der Waals surface area (Å²) >= 11 is -2.47. The van der Waals surface area contributed by atoms with E-state index in [-0.39, 0.29) is 0 Å². The van der Waals surface area contributed by atoms with Crippen LogP contribution in [0.4, 0.5) is 0 Å². The van der Waals surface area contributed by atoms with Gasteiger partial charge in [-0.15, -0.1) is 0 Å². The molecule has 0 fully saturated rings. The molecule has 0 aliphatic heterocycles. The van der Waals surface area contributed by atoms with Gasteiger partial charge < -0.3 is 0 Å². The normalized spacial score (nSPS) is 15.8. The quantitative estimate of drug-likeness (QED) is 0.350. The van der Waals surface area contributed by atoms with E-state index in [1.807, 2.05) is 0 Å². The van der Waals surface area contributed by atoms with Gasteiger partial charge in [0.1, 0.15) is 0 Å². The summed E-state index contributed by atoms with van der Waals surface area (Å²) in [6, 6.07) is 11.8. The molecule has 0 saturated heterocycles. The molecule has 2 aromatic carbocycles. The first-order valence-corrected chi connectivity index (χ1v) is 18.7. The van der Waals surface area contributed by atoms with Gasteiger partial charge in [0, 0.05) is 0 Å². The molecule has 1 atom stereocenters. The van der Waals surface area contributed by atoms with Crippen molar-refractivity contribution in [1.82, 2.24) is 0 Å². The second-order valence-corrected chi connectivity index (χ2v) is 17.7. The van der Waals surface area contributed by atoms with Gasteiger partial charge in [-0.2, -0.15) is 0 Å². The van der Waals surface area contributed by atoms with Gasteiger partial charge in [-0.1, -0.05) is 0 Å². The number of fused-ring (bicyclic) bond motifs is 1. The van der Waals surface area contributed by atoms with E-state index in [2.05, 4.69) is 78.0 Å². The number of allylic oxidation sites excluding steroid dienone is 1. The molecule has 2 aromatic rings. The van der Waals surface area contributed by atoms with Crippen LogP contribution < -0.4 is 0 Å². The summed E-state index contributed by atoms with van der Waals surface area (Å²) < 4.78 is 0.304. The Balaban J connectivity index is 2.29. The van der Waals surface area contributed by atoms with Crippen molar-refractivity contribution in [3.05, 3.63) is 63.7 Å². The average molecular weight is 508 g/mol. The summed E-state index contributed by atoms with van der Waals surface area (Å²) in [4.78, 5) is 0. The number of hydrogen-bond acceptors (Lipinski definition) is 0. The van der Waals surface area contributed by atoms with Crippen LogP contribution in [0.5, 0.6) is 0 Å². The van der Waals surface area contributed by atoms with Gasteiger partial charge in [0.2, 0.25) is 0 Å². The van der Waals surface area contributed by atoms with Gasteiger partial charge in [-0.25, -0.2) is 0 Å². The molecule has 29 heavy (non-hydrogen) atoms. The van der Waals surface area contributed by atoms with Gasteiger partial charge in [-0.05, 0) is 0 Å². The summed E-state index contributed by atoms with van der Waals surface area (Å²) in [5, 5.41) is 0. The minimum absolute atomic E-state index is 0.304. The first kappa shape index (κ1) is 23.3. The summed E-state index contributed by atoms with van der Waals surface area (Å²) in [5.41, 5.74) is 11.2. The van der Waals surface area contributed by atoms with Gasteiger partial charge >= 0.3 is 194 Å². The number of rotatable bonds is 7. The topological polar surface area (TPSA) is 0 Å². The Labute approximate surface area is 192 Å². The molecule has 0 amide bonds. The first-order valence-electron chi connectivity index (χ1n) is 11.0. The third kappa shape index (κ3) is 4.78. The zero-order chi connectivity index (χ0) is 21.3. The molecule has 1 aliphatic carbocycles. The van der Waals surface area contributed by atoms with Crippen LogP contribution in [0, 0.1) is 0 Å². The van der Waals surface area contributed by atoms with Crippen LogP contribution in [0.3, 0.4) is 0 Å². The molecule has 1 aliphatic rings. The Morgan fingerprint density at radius 3 is 2.03 bits per heavy atom. The summed E-state index contributed by atoms with van der Waals surface area (Å²) in [6.45, 7) is 13.6. The van der Waals surface area contributed by atoms with Crippen molar-refractivity contribution in [2.75, 3.05) is 0 Å². The van der Waals surface area contributed by atoms with E-state index in [1.54, 1.807) is 0 Å². The molecule has 0 bridgehead atoms. The molecule has 3 heteroatoms. The van der Waals surface area contributed by atoms with Crippen molar-refractivity contribution in [2.24, 2.45) is 0 Å². The van der Waals surface area contributed by atoms with Crippen molar-refractivity contribution >= 4 is 23.1 Å². The molecule has 0 spiro atoms. The van der Waals surface area contributed by atoms with Crippen molar-refractivity contribution in [1.29, 1.82) is 0 Å². The summed E-state index contributed by atoms with van der Waals surface area (Å²) in [5.74, 6) is 1.03. The molecule has 0 aromatic heterocycles. The van der Waals surface area contributed by atoms with Crippen LogP contribution in [0.2, 0.25) is 0 Å². The molecule has 0 N–H and O–H groups in total. The fourth-order valence-electron chi connectivity index (χ4n) is 4.44. The van der Waals surface area contributed by atoms with Crippen LogP contribution >= 0.6 is 17.0 Å². The van der Waals surface area contributed by atoms with E-state index in [9.17, 15) is 0 Å². The van der Waals surface area contributed by atoms with Crippen LogP contribution in [0.1, 0.15) is 97.7 Å². The van der Waals surface area contributed by atoms with Crippen molar-refractivity contribution in [3.63, 3.8) is 0 Å². The van der Waals surface area contributed by atoms with E-state index in [0.29, 0.717) is 15.5 Å². The average Bonchev–Trinajstić information content (AvgIpc) is 3.05. The monoisotopic (exact) mass is 505 g/mol. The summed E-state index contributed by atoms with van der Waals surface area (Å²) in [7, 11) is 13.3. The Bertz CT molecular complexity index is 883.